The molecule has 0 bridgehead atoms. The molecule has 6 nitrogen and oxygen atoms in total. The first-order valence-electron chi connectivity index (χ1n) is 7.44. The van der Waals surface area contributed by atoms with Crippen molar-refractivity contribution in [3.8, 4) is 0 Å². The minimum absolute atomic E-state index is 0.0908. The molecule has 1 amide bonds. The SMILES string of the molecule is CS(=O)(=O)OC[C@H]1C[C@@H](C(F)(F)F)CN1C(=O)OCc1ccccc1. The largest absolute Gasteiger partial charge is 0.445 e. The molecule has 1 heterocycles. The summed E-state index contributed by atoms with van der Waals surface area (Å²) in [6.07, 6.45) is -5.06. The highest BCUT2D eigenvalue weighted by molar-refractivity contribution is 7.85. The highest BCUT2D eigenvalue weighted by Crippen LogP contribution is 2.37. The average Bonchev–Trinajstić information content (AvgIpc) is 2.95. The maximum atomic E-state index is 13.0. The summed E-state index contributed by atoms with van der Waals surface area (Å²) in [5.41, 5.74) is 0.686. The summed E-state index contributed by atoms with van der Waals surface area (Å²) in [7, 11) is -3.83. The van der Waals surface area contributed by atoms with E-state index in [4.69, 9.17) is 4.74 Å². The van der Waals surface area contributed by atoms with Crippen LogP contribution in [0, 0.1) is 5.92 Å². The summed E-state index contributed by atoms with van der Waals surface area (Å²) in [5, 5.41) is 0. The monoisotopic (exact) mass is 381 g/mol. The third kappa shape index (κ3) is 5.89. The Morgan fingerprint density at radius 1 is 1.28 bits per heavy atom. The summed E-state index contributed by atoms with van der Waals surface area (Å²) >= 11 is 0. The van der Waals surface area contributed by atoms with Crippen LogP contribution in [0.25, 0.3) is 0 Å². The first-order valence-corrected chi connectivity index (χ1v) is 9.26. The zero-order valence-electron chi connectivity index (χ0n) is 13.4. The number of hydrogen-bond donors (Lipinski definition) is 0. The number of rotatable bonds is 5. The highest BCUT2D eigenvalue weighted by Gasteiger charge is 2.49. The van der Waals surface area contributed by atoms with Crippen molar-refractivity contribution in [1.82, 2.24) is 4.90 Å². The first kappa shape index (κ1) is 19.5. The van der Waals surface area contributed by atoms with Crippen molar-refractivity contribution in [3.63, 3.8) is 0 Å². The van der Waals surface area contributed by atoms with Gasteiger partial charge in [0.1, 0.15) is 6.61 Å². The molecule has 0 aromatic heterocycles. The molecule has 0 spiro atoms. The minimum atomic E-state index is -4.49. The van der Waals surface area contributed by atoms with E-state index >= 15 is 0 Å². The summed E-state index contributed by atoms with van der Waals surface area (Å²) in [5.74, 6) is -1.75. The van der Waals surface area contributed by atoms with E-state index in [1.165, 1.54) is 0 Å². The fraction of sp³-hybridized carbons (Fsp3) is 0.533. The Hall–Kier alpha value is -1.81. The normalized spacial score (nSPS) is 21.4. The van der Waals surface area contributed by atoms with Gasteiger partial charge in [-0.25, -0.2) is 4.79 Å². The Labute approximate surface area is 143 Å². The Bertz CT molecular complexity index is 693. The zero-order chi connectivity index (χ0) is 18.7. The van der Waals surface area contributed by atoms with Crippen LogP contribution >= 0.6 is 0 Å². The molecule has 1 aliphatic rings. The van der Waals surface area contributed by atoms with Gasteiger partial charge in [0.25, 0.3) is 10.1 Å². The topological polar surface area (TPSA) is 72.9 Å². The highest BCUT2D eigenvalue weighted by atomic mass is 32.2. The Morgan fingerprint density at radius 2 is 1.92 bits per heavy atom. The number of hydrogen-bond acceptors (Lipinski definition) is 5. The standard InChI is InChI=1S/C15H18F3NO5S/c1-25(21,22)24-10-13-7-12(15(16,17)18)8-19(13)14(20)23-9-11-5-3-2-4-6-11/h2-6,12-13H,7-10H2,1H3/t12-,13-/m1/s1. The number of alkyl halides is 3. The van der Waals surface area contributed by atoms with Gasteiger partial charge in [-0.1, -0.05) is 30.3 Å². The number of likely N-dealkylation sites (tertiary alicyclic amines) is 1. The Kier molecular flexibility index (Phi) is 5.94. The smallest absolute Gasteiger partial charge is 0.410 e. The van der Waals surface area contributed by atoms with E-state index in [2.05, 4.69) is 4.18 Å². The maximum absolute atomic E-state index is 13.0. The molecule has 1 saturated heterocycles. The molecule has 2 atom stereocenters. The van der Waals surface area contributed by atoms with Crippen molar-refractivity contribution in [2.75, 3.05) is 19.4 Å². The quantitative estimate of drug-likeness (QED) is 0.733. The number of ether oxygens (including phenoxy) is 1. The van der Waals surface area contributed by atoms with Gasteiger partial charge in [0.2, 0.25) is 0 Å². The summed E-state index contributed by atoms with van der Waals surface area (Å²) in [6, 6.07) is 7.64. The van der Waals surface area contributed by atoms with Gasteiger partial charge in [0.15, 0.2) is 0 Å². The molecule has 2 rings (SSSR count). The second kappa shape index (κ2) is 7.61. The fourth-order valence-electron chi connectivity index (χ4n) is 2.54. The van der Waals surface area contributed by atoms with Crippen molar-refractivity contribution < 1.29 is 35.3 Å². The molecule has 1 fully saturated rings. The van der Waals surface area contributed by atoms with Crippen molar-refractivity contribution in [2.24, 2.45) is 5.92 Å². The first-order chi connectivity index (χ1) is 11.6. The molecular weight excluding hydrogens is 363 g/mol. The molecule has 0 saturated carbocycles. The van der Waals surface area contributed by atoms with Crippen molar-refractivity contribution in [3.05, 3.63) is 35.9 Å². The van der Waals surface area contributed by atoms with E-state index in [1.807, 2.05) is 0 Å². The zero-order valence-corrected chi connectivity index (χ0v) is 14.2. The van der Waals surface area contributed by atoms with Crippen molar-refractivity contribution >= 4 is 16.2 Å². The van der Waals surface area contributed by atoms with E-state index in [0.717, 1.165) is 11.2 Å². The molecule has 1 aromatic carbocycles. The summed E-state index contributed by atoms with van der Waals surface area (Å²) < 4.78 is 70.6. The minimum Gasteiger partial charge on any atom is -0.445 e. The number of benzene rings is 1. The molecule has 1 aromatic rings. The van der Waals surface area contributed by atoms with Crippen LogP contribution in [0.5, 0.6) is 0 Å². The molecule has 10 heteroatoms. The Balaban J connectivity index is 2.03. The second-order valence-electron chi connectivity index (χ2n) is 5.81. The van der Waals surface area contributed by atoms with Crippen LogP contribution < -0.4 is 0 Å². The van der Waals surface area contributed by atoms with Crippen LogP contribution in [-0.4, -0.2) is 51.0 Å². The lowest BCUT2D eigenvalue weighted by atomic mass is 10.1. The molecule has 140 valence electrons. The van der Waals surface area contributed by atoms with Crippen LogP contribution in [0.15, 0.2) is 30.3 Å². The number of carbonyl (C=O) groups is 1. The second-order valence-corrected chi connectivity index (χ2v) is 7.45. The number of amides is 1. The van der Waals surface area contributed by atoms with Crippen LogP contribution in [0.1, 0.15) is 12.0 Å². The lowest BCUT2D eigenvalue weighted by Crippen LogP contribution is -2.39. The van der Waals surface area contributed by atoms with Gasteiger partial charge in [0, 0.05) is 6.54 Å². The molecule has 0 N–H and O–H groups in total. The average molecular weight is 381 g/mol. The lowest BCUT2D eigenvalue weighted by Gasteiger charge is -2.23. The molecule has 25 heavy (non-hydrogen) atoms. The maximum Gasteiger partial charge on any atom is 0.410 e. The molecular formula is C15H18F3NO5S. The molecule has 0 radical (unpaired) electrons. The van der Waals surface area contributed by atoms with Gasteiger partial charge in [-0.3, -0.25) is 4.18 Å². The predicted octanol–water partition coefficient (Wildman–Crippen LogP) is 2.55. The van der Waals surface area contributed by atoms with Crippen molar-refractivity contribution in [2.45, 2.75) is 25.2 Å². The van der Waals surface area contributed by atoms with Crippen molar-refractivity contribution in [1.29, 1.82) is 0 Å². The molecule has 1 aliphatic heterocycles. The van der Waals surface area contributed by atoms with Gasteiger partial charge in [0.05, 0.1) is 24.8 Å². The van der Waals surface area contributed by atoms with Gasteiger partial charge in [-0.15, -0.1) is 0 Å². The van der Waals surface area contributed by atoms with Gasteiger partial charge in [-0.2, -0.15) is 21.6 Å². The van der Waals surface area contributed by atoms with E-state index in [0.29, 0.717) is 5.56 Å². The predicted molar refractivity (Wildman–Crippen MR) is 82.1 cm³/mol. The fourth-order valence-corrected chi connectivity index (χ4v) is 2.94. The van der Waals surface area contributed by atoms with E-state index in [-0.39, 0.29) is 6.61 Å². The van der Waals surface area contributed by atoms with Crippen LogP contribution in [0.3, 0.4) is 0 Å². The molecule has 0 unspecified atom stereocenters. The summed E-state index contributed by atoms with van der Waals surface area (Å²) in [4.78, 5) is 13.0. The number of carbonyl (C=O) groups excluding carboxylic acids is 1. The Morgan fingerprint density at radius 3 is 2.48 bits per heavy atom. The van der Waals surface area contributed by atoms with E-state index in [1.54, 1.807) is 30.3 Å². The third-order valence-corrected chi connectivity index (χ3v) is 4.36. The van der Waals surface area contributed by atoms with Gasteiger partial charge in [-0.05, 0) is 12.0 Å². The van der Waals surface area contributed by atoms with Crippen LogP contribution in [0.4, 0.5) is 18.0 Å². The molecule has 0 aliphatic carbocycles. The van der Waals surface area contributed by atoms with Gasteiger partial charge >= 0.3 is 12.3 Å². The van der Waals surface area contributed by atoms with E-state index in [9.17, 15) is 26.4 Å². The lowest BCUT2D eigenvalue weighted by molar-refractivity contribution is -0.170. The van der Waals surface area contributed by atoms with Crippen LogP contribution in [0.2, 0.25) is 0 Å². The number of nitrogens with zero attached hydrogens (tertiary/aromatic N) is 1. The third-order valence-electron chi connectivity index (χ3n) is 3.79. The van der Waals surface area contributed by atoms with Gasteiger partial charge < -0.3 is 9.64 Å². The van der Waals surface area contributed by atoms with Crippen LogP contribution in [-0.2, 0) is 25.6 Å². The van der Waals surface area contributed by atoms with E-state index < -0.39 is 53.9 Å². The number of halogens is 3. The summed E-state index contributed by atoms with van der Waals surface area (Å²) in [6.45, 7) is -1.22.